The minimum atomic E-state index is -1.67. The van der Waals surface area contributed by atoms with E-state index in [4.69, 9.17) is 0 Å². The predicted molar refractivity (Wildman–Crippen MR) is 362 cm³/mol. The molecule has 0 spiro atoms. The topological polar surface area (TPSA) is 0 Å². The number of benzene rings is 4. The summed E-state index contributed by atoms with van der Waals surface area (Å²) in [5.74, 6) is 0. The quantitative estimate of drug-likeness (QED) is 0.0846. The van der Waals surface area contributed by atoms with Crippen molar-refractivity contribution < 1.29 is 0 Å². The third-order valence-corrected chi connectivity index (χ3v) is 56.6. The highest BCUT2D eigenvalue weighted by atomic mass is 32.1. The van der Waals surface area contributed by atoms with Crippen LogP contribution in [0, 0.1) is 13.8 Å². The van der Waals surface area contributed by atoms with Crippen molar-refractivity contribution in [2.75, 3.05) is 0 Å². The normalized spacial score (nSPS) is 13.9. The molecule has 0 fully saturated rings. The summed E-state index contributed by atoms with van der Waals surface area (Å²) in [5.41, 5.74) is 11.9. The van der Waals surface area contributed by atoms with Crippen molar-refractivity contribution in [1.29, 1.82) is 0 Å². The van der Waals surface area contributed by atoms with Gasteiger partial charge in [0.15, 0.2) is 0 Å². The van der Waals surface area contributed by atoms with Gasteiger partial charge in [-0.2, -0.15) is 0 Å². The molecule has 0 bridgehead atoms. The van der Waals surface area contributed by atoms with Gasteiger partial charge in [-0.15, -0.1) is 45.3 Å². The Morgan fingerprint density at radius 2 is 0.459 bits per heavy atom. The first-order valence-corrected chi connectivity index (χ1v) is 41.4. The molecule has 0 saturated heterocycles. The second kappa shape index (κ2) is 22.0. The van der Waals surface area contributed by atoms with Gasteiger partial charge < -0.3 is 0 Å². The van der Waals surface area contributed by atoms with E-state index >= 15 is 0 Å². The summed E-state index contributed by atoms with van der Waals surface area (Å²) in [5, 5.41) is 11.6. The van der Waals surface area contributed by atoms with Crippen LogP contribution in [0.25, 0.3) is 61.9 Å². The molecule has 0 saturated carbocycles. The van der Waals surface area contributed by atoms with E-state index in [2.05, 4.69) is 286 Å². The first-order valence-electron chi connectivity index (χ1n) is 29.2. The van der Waals surface area contributed by atoms with Crippen molar-refractivity contribution in [3.63, 3.8) is 0 Å². The monoisotopic (exact) mass is 1130 g/mol. The Morgan fingerprint density at radius 1 is 0.243 bits per heavy atom. The van der Waals surface area contributed by atoms with Crippen molar-refractivity contribution in [3.8, 4) is 0 Å². The van der Waals surface area contributed by atoms with E-state index in [1.54, 1.807) is 18.0 Å². The van der Waals surface area contributed by atoms with Crippen LogP contribution >= 0.6 is 45.3 Å². The Balaban J connectivity index is 0.000000217. The zero-order chi connectivity index (χ0) is 55.2. The SMILES string of the molecule is CC(C)[Si](c1cc2cc3cc4sc([Si](C(C)C)(C(C)C)C(C)C)cc4cc3cc2s1)(C(C)C)C(C)C.Cc1c2cc3cc([Si](C(C)C)(C(C)C)C(C)C)sc3c(C)c2cc2cc([Si](C(C)C)(C(C)C)C(C)C)sc12. The van der Waals surface area contributed by atoms with Crippen LogP contribution in [0.4, 0.5) is 0 Å². The molecule has 0 aliphatic heterocycles. The zero-order valence-electron chi connectivity index (χ0n) is 51.3. The molecule has 8 rings (SSSR count). The highest BCUT2D eigenvalue weighted by molar-refractivity contribution is 7.34. The molecule has 74 heavy (non-hydrogen) atoms. The highest BCUT2D eigenvalue weighted by Crippen LogP contribution is 2.49. The fraction of sp³-hybridized carbons (Fsp3) is 0.576. The van der Waals surface area contributed by atoms with E-state index in [0.29, 0.717) is 0 Å². The van der Waals surface area contributed by atoms with Gasteiger partial charge in [0.1, 0.15) is 32.3 Å². The largest absolute Gasteiger partial charge is 0.145 e. The number of fused-ring (bicyclic) bond motifs is 6. The molecular weight excluding hydrogens is 1030 g/mol. The van der Waals surface area contributed by atoms with Gasteiger partial charge in [-0.1, -0.05) is 166 Å². The third-order valence-electron chi connectivity index (χ3n) is 20.2. The molecule has 0 aliphatic carbocycles. The minimum absolute atomic E-state index is 0.739. The second-order valence-electron chi connectivity index (χ2n) is 27.1. The van der Waals surface area contributed by atoms with Gasteiger partial charge in [-0.3, -0.25) is 0 Å². The molecule has 4 aromatic carbocycles. The van der Waals surface area contributed by atoms with E-state index in [1.165, 1.54) is 73.0 Å². The maximum atomic E-state index is 2.62. The van der Waals surface area contributed by atoms with Crippen LogP contribution in [0.1, 0.15) is 177 Å². The zero-order valence-corrected chi connectivity index (χ0v) is 58.6. The molecule has 404 valence electrons. The van der Waals surface area contributed by atoms with Gasteiger partial charge in [0.2, 0.25) is 0 Å². The third kappa shape index (κ3) is 9.26. The number of rotatable bonds is 16. The molecule has 4 heterocycles. The van der Waals surface area contributed by atoms with Gasteiger partial charge >= 0.3 is 0 Å². The van der Waals surface area contributed by atoms with Crippen LogP contribution in [0.3, 0.4) is 0 Å². The minimum Gasteiger partial charge on any atom is -0.145 e. The Hall–Kier alpha value is -1.89. The van der Waals surface area contributed by atoms with Crippen LogP contribution in [-0.2, 0) is 0 Å². The molecule has 0 radical (unpaired) electrons. The van der Waals surface area contributed by atoms with Gasteiger partial charge in [-0.05, 0) is 213 Å². The summed E-state index contributed by atoms with van der Waals surface area (Å²) in [7, 11) is -6.60. The molecule has 8 aromatic rings. The summed E-state index contributed by atoms with van der Waals surface area (Å²) in [4.78, 5) is 0. The van der Waals surface area contributed by atoms with E-state index in [1.807, 2.05) is 0 Å². The second-order valence-corrected chi connectivity index (χ2v) is 56.3. The van der Waals surface area contributed by atoms with E-state index in [0.717, 1.165) is 66.5 Å². The molecule has 0 amide bonds. The van der Waals surface area contributed by atoms with Crippen LogP contribution in [0.2, 0.25) is 66.5 Å². The Labute approximate surface area is 472 Å². The maximum absolute atomic E-state index is 2.62. The van der Waals surface area contributed by atoms with Crippen LogP contribution in [0.15, 0.2) is 60.7 Å². The smallest absolute Gasteiger partial charge is 0.107 e. The number of hydrogen-bond acceptors (Lipinski definition) is 4. The van der Waals surface area contributed by atoms with Crippen molar-refractivity contribution in [2.24, 2.45) is 0 Å². The summed E-state index contributed by atoms with van der Waals surface area (Å²) in [6.07, 6.45) is 0. The first-order chi connectivity index (χ1) is 34.4. The summed E-state index contributed by atoms with van der Waals surface area (Å²) in [6.45, 7) is 64.4. The van der Waals surface area contributed by atoms with E-state index in [9.17, 15) is 0 Å². The number of hydrogen-bond donors (Lipinski definition) is 0. The Morgan fingerprint density at radius 3 is 0.689 bits per heavy atom. The highest BCUT2D eigenvalue weighted by Gasteiger charge is 2.49. The van der Waals surface area contributed by atoms with Crippen LogP contribution < -0.4 is 18.0 Å². The van der Waals surface area contributed by atoms with Crippen molar-refractivity contribution in [3.05, 3.63) is 71.8 Å². The predicted octanol–water partition coefficient (Wildman–Crippen LogP) is 22.7. The fourth-order valence-corrected chi connectivity index (χ4v) is 58.1. The molecule has 0 nitrogen and oxygen atoms in total. The lowest BCUT2D eigenvalue weighted by molar-refractivity contribution is 0.837. The summed E-state index contributed by atoms with van der Waals surface area (Å²) < 4.78 is 12.8. The average molecular weight is 1130 g/mol. The molecule has 8 heteroatoms. The lowest BCUT2D eigenvalue weighted by Gasteiger charge is -2.42. The van der Waals surface area contributed by atoms with Gasteiger partial charge in [0, 0.05) is 18.8 Å². The van der Waals surface area contributed by atoms with E-state index < -0.39 is 32.3 Å². The lowest BCUT2D eigenvalue weighted by atomic mass is 9.98. The Bertz CT molecular complexity index is 2900. The molecule has 0 N–H and O–H groups in total. The summed E-state index contributed by atoms with van der Waals surface area (Å²) in [6, 6.07) is 25.5. The van der Waals surface area contributed by atoms with Crippen molar-refractivity contribution in [1.82, 2.24) is 0 Å². The van der Waals surface area contributed by atoms with E-state index in [-0.39, 0.29) is 0 Å². The molecule has 4 aromatic heterocycles. The lowest BCUT2D eigenvalue weighted by Crippen LogP contribution is -2.54. The maximum Gasteiger partial charge on any atom is 0.107 e. The number of thiophene rings is 4. The fourth-order valence-electron chi connectivity index (χ4n) is 17.5. The molecule has 0 atom stereocenters. The number of aryl methyl sites for hydroxylation is 2. The molecule has 0 aliphatic rings. The Kier molecular flexibility index (Phi) is 17.7. The van der Waals surface area contributed by atoms with Gasteiger partial charge in [0.05, 0.1) is 0 Å². The van der Waals surface area contributed by atoms with Crippen LogP contribution in [0.5, 0.6) is 0 Å². The average Bonchev–Trinajstić information content (AvgIpc) is 4.08. The molecular formula is C66H100S4Si4. The van der Waals surface area contributed by atoms with Gasteiger partial charge in [-0.25, -0.2) is 0 Å². The standard InChI is InChI=1S/C34H52S2Si2.C32H48S2Si2/c1-19(2)37(20(3)4,21(5)6)31-17-27-15-29-26(14)34-28(16-30(29)25(13)33(27)35-31)18-32(36-34)38(22(7)8,23(9)10)24(11)12;1-19(2)35(20(3)4,21(5)6)31-17-27-13-25-16-30-28(14-26(25)15-29(27)33-31)18-32(34-30)36(22(7)8,23(9)10)24(11)12/h15-24H,1-14H3;13-24H,1-12H3. The summed E-state index contributed by atoms with van der Waals surface area (Å²) >= 11 is 8.47. The first kappa shape index (κ1) is 59.8. The van der Waals surface area contributed by atoms with Crippen molar-refractivity contribution >= 4 is 158 Å². The van der Waals surface area contributed by atoms with Gasteiger partial charge in [0.25, 0.3) is 0 Å². The molecule has 0 unspecified atom stereocenters. The van der Waals surface area contributed by atoms with Crippen molar-refractivity contribution in [2.45, 2.75) is 247 Å². The van der Waals surface area contributed by atoms with Crippen LogP contribution in [-0.4, -0.2) is 32.3 Å².